The first kappa shape index (κ1) is 24.9. The van der Waals surface area contributed by atoms with E-state index in [1.807, 2.05) is 0 Å². The minimum absolute atomic E-state index is 0.211. The Labute approximate surface area is 177 Å². The smallest absolute Gasteiger partial charge is 0.361 e. The lowest BCUT2D eigenvalue weighted by molar-refractivity contribution is -0.137. The van der Waals surface area contributed by atoms with E-state index < -0.39 is 40.9 Å². The predicted molar refractivity (Wildman–Crippen MR) is 106 cm³/mol. The van der Waals surface area contributed by atoms with E-state index in [2.05, 4.69) is 9.51 Å². The second-order valence-electron chi connectivity index (χ2n) is 6.31. The quantitative estimate of drug-likeness (QED) is 0.265. The summed E-state index contributed by atoms with van der Waals surface area (Å²) in [5, 5.41) is 0. The van der Waals surface area contributed by atoms with Crippen molar-refractivity contribution >= 4 is 23.1 Å². The summed E-state index contributed by atoms with van der Waals surface area (Å²) in [4.78, 5) is 2.65. The van der Waals surface area contributed by atoms with Gasteiger partial charge < -0.3 is 14.6 Å². The molecule has 1 atom stereocenters. The maximum atomic E-state index is 13.2. The second-order valence-corrected chi connectivity index (χ2v) is 10.2. The van der Waals surface area contributed by atoms with Crippen LogP contribution in [0, 0.1) is 6.92 Å². The van der Waals surface area contributed by atoms with Crippen molar-refractivity contribution in [2.45, 2.75) is 24.0 Å². The molecule has 0 spiro atoms. The van der Waals surface area contributed by atoms with Crippen LogP contribution in [0.2, 0.25) is 0 Å². The number of alkyl halides is 3. The van der Waals surface area contributed by atoms with E-state index in [0.717, 1.165) is 38.0 Å². The van der Waals surface area contributed by atoms with Crippen molar-refractivity contribution in [1.82, 2.24) is 4.72 Å². The third-order valence-electron chi connectivity index (χ3n) is 4.27. The molecule has 8 nitrogen and oxygen atoms in total. The summed E-state index contributed by atoms with van der Waals surface area (Å²) in [5.41, 5.74) is 8.03. The lowest BCUT2D eigenvalue weighted by Crippen LogP contribution is -2.35. The van der Waals surface area contributed by atoms with Crippen molar-refractivity contribution in [2.24, 2.45) is 0 Å². The molecule has 168 valence electrons. The Morgan fingerprint density at radius 2 is 1.71 bits per heavy atom. The maximum Gasteiger partial charge on any atom is 0.439 e. The molecule has 0 saturated carbocycles. The second kappa shape index (κ2) is 9.44. The summed E-state index contributed by atoms with van der Waals surface area (Å²) in [7, 11) is -6.82. The Morgan fingerprint density at radius 1 is 1.13 bits per heavy atom. The van der Waals surface area contributed by atoms with E-state index in [1.165, 1.54) is 24.3 Å². The van der Waals surface area contributed by atoms with Gasteiger partial charge in [-0.1, -0.05) is 29.8 Å². The minimum atomic E-state index is -4.74. The summed E-state index contributed by atoms with van der Waals surface area (Å²) in [6, 6.07) is 7.40. The van der Waals surface area contributed by atoms with Crippen molar-refractivity contribution in [3.05, 3.63) is 70.8 Å². The van der Waals surface area contributed by atoms with Crippen LogP contribution in [0.1, 0.15) is 22.7 Å². The molecule has 0 fully saturated rings. The summed E-state index contributed by atoms with van der Waals surface area (Å²) in [6.45, 7) is 1.74. The summed E-state index contributed by atoms with van der Waals surface area (Å²) < 4.78 is 89.9. The Kier molecular flexibility index (Phi) is 7.59. The van der Waals surface area contributed by atoms with Gasteiger partial charge in [0.1, 0.15) is 0 Å². The number of rotatable bonds is 8. The van der Waals surface area contributed by atoms with Gasteiger partial charge in [0.25, 0.3) is 0 Å². The molecule has 1 N–H and O–H groups in total. The molecule has 0 radical (unpaired) electrons. The molecule has 0 aliphatic rings. The molecule has 31 heavy (non-hydrogen) atoms. The molecular formula is C18H19F3N3O5PS. The van der Waals surface area contributed by atoms with Gasteiger partial charge in [-0.05, 0) is 36.8 Å². The van der Waals surface area contributed by atoms with Crippen molar-refractivity contribution < 1.29 is 40.0 Å². The highest BCUT2D eigenvalue weighted by molar-refractivity contribution is 7.89. The van der Waals surface area contributed by atoms with Crippen LogP contribution in [0.25, 0.3) is 5.53 Å². The summed E-state index contributed by atoms with van der Waals surface area (Å²) >= 11 is 0. The fourth-order valence-corrected chi connectivity index (χ4v) is 5.08. The standard InChI is InChI=1S/C18H19F3N3O5PS/c1-12-7-9-15(10-8-12)31(26,27)24-16(17(23-22)30(25,28-2)29-3)13-5-4-6-14(11-13)18(19,20)21/h4-11,16,24H,1-3H3. The SMILES string of the molecule is COP(=O)(OC)C(=[N+]=[N-])C(NS(=O)(=O)c1ccc(C)cc1)c1cccc(C(F)(F)F)c1. The third kappa shape index (κ3) is 5.68. The van der Waals surface area contributed by atoms with Crippen LogP contribution in [0.15, 0.2) is 53.4 Å². The van der Waals surface area contributed by atoms with Gasteiger partial charge in [0.2, 0.25) is 10.0 Å². The lowest BCUT2D eigenvalue weighted by Gasteiger charge is -2.20. The molecule has 0 aromatic heterocycles. The van der Waals surface area contributed by atoms with Gasteiger partial charge in [-0.15, -0.1) is 0 Å². The Balaban J connectivity index is 2.68. The molecule has 0 saturated heterocycles. The number of halogens is 3. The first-order valence-corrected chi connectivity index (χ1v) is 11.6. The fraction of sp³-hybridized carbons (Fsp3) is 0.278. The van der Waals surface area contributed by atoms with Crippen LogP contribution in [0.3, 0.4) is 0 Å². The average molecular weight is 477 g/mol. The van der Waals surface area contributed by atoms with Crippen molar-refractivity contribution in [1.29, 1.82) is 0 Å². The maximum absolute atomic E-state index is 13.2. The van der Waals surface area contributed by atoms with Gasteiger partial charge in [-0.2, -0.15) is 22.7 Å². The van der Waals surface area contributed by atoms with Gasteiger partial charge in [0.15, 0.2) is 6.04 Å². The van der Waals surface area contributed by atoms with E-state index in [1.54, 1.807) is 6.92 Å². The number of sulfonamides is 1. The molecule has 0 aliphatic heterocycles. The zero-order valence-electron chi connectivity index (χ0n) is 16.6. The number of aryl methyl sites for hydroxylation is 1. The highest BCUT2D eigenvalue weighted by Gasteiger charge is 2.47. The van der Waals surface area contributed by atoms with E-state index in [9.17, 15) is 31.7 Å². The van der Waals surface area contributed by atoms with Crippen LogP contribution in [0.4, 0.5) is 13.2 Å². The van der Waals surface area contributed by atoms with Gasteiger partial charge in [-0.25, -0.2) is 13.0 Å². The van der Waals surface area contributed by atoms with E-state index in [-0.39, 0.29) is 10.5 Å². The van der Waals surface area contributed by atoms with Gasteiger partial charge >= 0.3 is 19.2 Å². The molecule has 2 aromatic carbocycles. The number of hydrogen-bond acceptors (Lipinski definition) is 5. The molecular weight excluding hydrogens is 458 g/mol. The van der Waals surface area contributed by atoms with Crippen LogP contribution in [-0.2, 0) is 29.8 Å². The first-order chi connectivity index (χ1) is 14.4. The zero-order valence-corrected chi connectivity index (χ0v) is 18.3. The van der Waals surface area contributed by atoms with Crippen molar-refractivity contribution in [3.63, 3.8) is 0 Å². The molecule has 2 aromatic rings. The lowest BCUT2D eigenvalue weighted by atomic mass is 10.1. The molecule has 2 rings (SSSR count). The molecule has 1 unspecified atom stereocenters. The predicted octanol–water partition coefficient (Wildman–Crippen LogP) is 4.15. The Morgan fingerprint density at radius 3 is 2.19 bits per heavy atom. The first-order valence-electron chi connectivity index (χ1n) is 8.58. The molecule has 0 aliphatic carbocycles. The van der Waals surface area contributed by atoms with Crippen LogP contribution < -0.4 is 4.72 Å². The monoisotopic (exact) mass is 477 g/mol. The largest absolute Gasteiger partial charge is 0.439 e. The topological polar surface area (TPSA) is 118 Å². The molecule has 13 heteroatoms. The number of hydrogen-bond donors (Lipinski definition) is 1. The van der Waals surface area contributed by atoms with E-state index in [4.69, 9.17) is 9.05 Å². The normalized spacial score (nSPS) is 13.5. The van der Waals surface area contributed by atoms with Gasteiger partial charge in [0, 0.05) is 14.2 Å². The van der Waals surface area contributed by atoms with E-state index >= 15 is 0 Å². The molecule has 0 amide bonds. The molecule has 0 bridgehead atoms. The van der Waals surface area contributed by atoms with Gasteiger partial charge in [0.05, 0.1) is 10.5 Å². The van der Waals surface area contributed by atoms with Crippen LogP contribution >= 0.6 is 7.60 Å². The third-order valence-corrected chi connectivity index (χ3v) is 7.58. The van der Waals surface area contributed by atoms with E-state index in [0.29, 0.717) is 6.07 Å². The summed E-state index contributed by atoms with van der Waals surface area (Å²) in [5.74, 6) is 0. The van der Waals surface area contributed by atoms with Crippen LogP contribution in [0.5, 0.6) is 0 Å². The van der Waals surface area contributed by atoms with Crippen molar-refractivity contribution in [2.75, 3.05) is 14.2 Å². The van der Waals surface area contributed by atoms with Crippen molar-refractivity contribution in [3.8, 4) is 0 Å². The van der Waals surface area contributed by atoms with Crippen LogP contribution in [-0.4, -0.2) is 32.9 Å². The minimum Gasteiger partial charge on any atom is -0.361 e. The highest BCUT2D eigenvalue weighted by Crippen LogP contribution is 2.51. The number of nitrogens with zero attached hydrogens (tertiary/aromatic N) is 2. The highest BCUT2D eigenvalue weighted by atomic mass is 32.2. The Hall–Kier alpha value is -2.33. The Bertz CT molecular complexity index is 1140. The molecule has 0 heterocycles. The zero-order chi connectivity index (χ0) is 23.4. The van der Waals surface area contributed by atoms with Gasteiger partial charge in [-0.3, -0.25) is 0 Å². The number of benzene rings is 2. The summed E-state index contributed by atoms with van der Waals surface area (Å²) in [6.07, 6.45) is -4.74. The average Bonchev–Trinajstić information content (AvgIpc) is 2.73. The number of nitrogens with one attached hydrogen (secondary N) is 1. The fourth-order valence-electron chi connectivity index (χ4n) is 2.64.